The van der Waals surface area contributed by atoms with Gasteiger partial charge >= 0.3 is 0 Å². The number of imidazole rings is 1. The van der Waals surface area contributed by atoms with Crippen molar-refractivity contribution in [3.05, 3.63) is 194 Å². The number of aryl methyl sites for hydroxylation is 1. The molecule has 6 heteroatoms. The summed E-state index contributed by atoms with van der Waals surface area (Å²) >= 11 is 0. The first-order chi connectivity index (χ1) is 27.8. The molecule has 0 saturated heterocycles. The Kier molecular flexibility index (Phi) is 10.9. The third kappa shape index (κ3) is 7.50. The molecule has 0 unspecified atom stereocenters. The summed E-state index contributed by atoms with van der Waals surface area (Å²) in [6, 6.07) is 65.4. The number of pyridine rings is 1. The third-order valence-electron chi connectivity index (χ3n) is 10.4. The Morgan fingerprint density at radius 1 is 0.621 bits per heavy atom. The van der Waals surface area contributed by atoms with Crippen LogP contribution in [0.15, 0.2) is 180 Å². The predicted molar refractivity (Wildman–Crippen MR) is 240 cm³/mol. The standard InChI is InChI=1S/C37H23N2O.C15H18NSi.Ir/c1-3-13-25(14-4-1)27-18-11-19-28(26-15-5-2-6-16-26)35(27)39-33-23-9-8-22-32(33)38-37(39)31-21-12-20-30-29-17-7-10-24-34(29)40-36(30)31;1-12-5-7-13(8-6-12)15-10-9-14(11-16-15)17(2,3)4;/h1-20,22-24H;5-7,9-11H,1-4H3;/q2*-1;. The van der Waals surface area contributed by atoms with Crippen molar-refractivity contribution < 1.29 is 24.5 Å². The molecular formula is C52H41IrN3OSi-2. The fourth-order valence-corrected chi connectivity index (χ4v) is 8.46. The molecule has 0 amide bonds. The SMILES string of the molecule is Cc1c[c-]c(-c2ccc([Si](C)(C)C)cn2)cc1.[Ir].[c-]1ccc2c(oc3ccccc32)c1-c1nc2ccccc2n1-c1c(-c2ccccc2)cccc1-c1ccccc1. The quantitative estimate of drug-likeness (QED) is 0.123. The summed E-state index contributed by atoms with van der Waals surface area (Å²) in [5.41, 5.74) is 13.4. The summed E-state index contributed by atoms with van der Waals surface area (Å²) in [6.07, 6.45) is 2.02. The average Bonchev–Trinajstić information content (AvgIpc) is 3.83. The molecule has 3 aromatic heterocycles. The number of rotatable bonds is 6. The van der Waals surface area contributed by atoms with E-state index in [0.29, 0.717) is 0 Å². The number of hydrogen-bond donors (Lipinski definition) is 0. The molecule has 0 saturated carbocycles. The molecule has 0 aliphatic rings. The van der Waals surface area contributed by atoms with Crippen LogP contribution in [0.1, 0.15) is 5.56 Å². The van der Waals surface area contributed by atoms with Crippen LogP contribution < -0.4 is 5.19 Å². The number of fused-ring (bicyclic) bond motifs is 4. The second kappa shape index (κ2) is 16.4. The molecule has 58 heavy (non-hydrogen) atoms. The Labute approximate surface area is 354 Å². The number of furan rings is 1. The fraction of sp³-hybridized carbons (Fsp3) is 0.0769. The maximum absolute atomic E-state index is 6.47. The van der Waals surface area contributed by atoms with Crippen molar-refractivity contribution in [2.24, 2.45) is 0 Å². The van der Waals surface area contributed by atoms with Gasteiger partial charge in [-0.1, -0.05) is 159 Å². The zero-order valence-corrected chi connectivity index (χ0v) is 36.2. The van der Waals surface area contributed by atoms with Crippen LogP contribution in [0.4, 0.5) is 0 Å². The summed E-state index contributed by atoms with van der Waals surface area (Å²) in [5.74, 6) is 0.798. The second-order valence-corrected chi connectivity index (χ2v) is 20.4. The van der Waals surface area contributed by atoms with Crippen LogP contribution in [-0.4, -0.2) is 22.6 Å². The van der Waals surface area contributed by atoms with Gasteiger partial charge < -0.3 is 14.0 Å². The average molecular weight is 944 g/mol. The van der Waals surface area contributed by atoms with Gasteiger partial charge in [0.05, 0.1) is 36.2 Å². The fourth-order valence-electron chi connectivity index (χ4n) is 7.42. The van der Waals surface area contributed by atoms with Crippen LogP contribution >= 0.6 is 0 Å². The molecule has 0 aliphatic carbocycles. The molecule has 0 atom stereocenters. The van der Waals surface area contributed by atoms with E-state index in [1.807, 2.05) is 42.6 Å². The zero-order chi connectivity index (χ0) is 38.9. The molecule has 10 rings (SSSR count). The van der Waals surface area contributed by atoms with E-state index in [-0.39, 0.29) is 20.1 Å². The number of nitrogens with zero attached hydrogens (tertiary/aromatic N) is 3. The number of benzene rings is 7. The van der Waals surface area contributed by atoms with Gasteiger partial charge in [0.1, 0.15) is 5.58 Å². The minimum absolute atomic E-state index is 0. The molecule has 4 nitrogen and oxygen atoms in total. The molecule has 3 heterocycles. The maximum atomic E-state index is 6.47. The number of para-hydroxylation sites is 4. The molecule has 0 fully saturated rings. The summed E-state index contributed by atoms with van der Waals surface area (Å²) in [7, 11) is -1.24. The van der Waals surface area contributed by atoms with Crippen molar-refractivity contribution in [1.82, 2.24) is 14.5 Å². The molecule has 10 aromatic rings. The normalized spacial score (nSPS) is 11.3. The Morgan fingerprint density at radius 2 is 1.29 bits per heavy atom. The summed E-state index contributed by atoms with van der Waals surface area (Å²) < 4.78 is 8.76. The molecule has 0 spiro atoms. The topological polar surface area (TPSA) is 43.9 Å². The van der Waals surface area contributed by atoms with Gasteiger partial charge in [-0.2, -0.15) is 0 Å². The zero-order valence-electron chi connectivity index (χ0n) is 32.8. The summed E-state index contributed by atoms with van der Waals surface area (Å²) in [5, 5.41) is 3.54. The monoisotopic (exact) mass is 944 g/mol. The minimum atomic E-state index is -1.24. The molecule has 0 aliphatic heterocycles. The van der Waals surface area contributed by atoms with E-state index >= 15 is 0 Å². The maximum Gasteiger partial charge on any atom is 0.120 e. The first-order valence-electron chi connectivity index (χ1n) is 19.3. The van der Waals surface area contributed by atoms with Gasteiger partial charge in [0.15, 0.2) is 0 Å². The summed E-state index contributed by atoms with van der Waals surface area (Å²) in [6.45, 7) is 9.08. The summed E-state index contributed by atoms with van der Waals surface area (Å²) in [4.78, 5) is 9.77. The molecule has 1 radical (unpaired) electrons. The minimum Gasteiger partial charge on any atom is -0.501 e. The Bertz CT molecular complexity index is 2930. The Hall–Kier alpha value is -6.17. The smallest absolute Gasteiger partial charge is 0.120 e. The molecular weight excluding hydrogens is 903 g/mol. The van der Waals surface area contributed by atoms with Crippen LogP contribution in [0, 0.1) is 19.1 Å². The van der Waals surface area contributed by atoms with Crippen molar-refractivity contribution in [2.75, 3.05) is 0 Å². The van der Waals surface area contributed by atoms with Gasteiger partial charge in [0.25, 0.3) is 0 Å². The van der Waals surface area contributed by atoms with Crippen molar-refractivity contribution >= 4 is 46.2 Å². The van der Waals surface area contributed by atoms with E-state index in [0.717, 1.165) is 83.6 Å². The molecule has 285 valence electrons. The van der Waals surface area contributed by atoms with E-state index in [1.54, 1.807) is 0 Å². The molecule has 7 aromatic carbocycles. The molecule has 0 bridgehead atoms. The Morgan fingerprint density at radius 3 is 1.95 bits per heavy atom. The number of hydrogen-bond acceptors (Lipinski definition) is 3. The van der Waals surface area contributed by atoms with E-state index in [2.05, 4.69) is 182 Å². The van der Waals surface area contributed by atoms with E-state index in [4.69, 9.17) is 9.40 Å². The van der Waals surface area contributed by atoms with Crippen LogP contribution in [0.25, 0.3) is 83.6 Å². The van der Waals surface area contributed by atoms with Gasteiger partial charge in [-0.3, -0.25) is 4.98 Å². The van der Waals surface area contributed by atoms with Crippen molar-refractivity contribution in [1.29, 1.82) is 0 Å². The van der Waals surface area contributed by atoms with E-state index in [1.165, 1.54) is 10.8 Å². The van der Waals surface area contributed by atoms with Crippen molar-refractivity contribution in [3.63, 3.8) is 0 Å². The first-order valence-corrected chi connectivity index (χ1v) is 22.8. The van der Waals surface area contributed by atoms with Crippen molar-refractivity contribution in [2.45, 2.75) is 26.6 Å². The van der Waals surface area contributed by atoms with Crippen LogP contribution in [0.3, 0.4) is 0 Å². The largest absolute Gasteiger partial charge is 0.501 e. The predicted octanol–water partition coefficient (Wildman–Crippen LogP) is 13.1. The first kappa shape index (κ1) is 38.7. The van der Waals surface area contributed by atoms with Gasteiger partial charge in [-0.15, -0.1) is 53.6 Å². The second-order valence-electron chi connectivity index (χ2n) is 15.3. The van der Waals surface area contributed by atoms with Crippen LogP contribution in [0.2, 0.25) is 19.6 Å². The van der Waals surface area contributed by atoms with Gasteiger partial charge in [0, 0.05) is 42.8 Å². The third-order valence-corrected chi connectivity index (χ3v) is 12.5. The van der Waals surface area contributed by atoms with Crippen LogP contribution in [0.5, 0.6) is 0 Å². The van der Waals surface area contributed by atoms with Crippen molar-refractivity contribution in [3.8, 4) is 50.6 Å². The Balaban J connectivity index is 0.000000220. The van der Waals surface area contributed by atoms with Crippen LogP contribution in [-0.2, 0) is 20.1 Å². The van der Waals surface area contributed by atoms with Gasteiger partial charge in [-0.25, -0.2) is 0 Å². The van der Waals surface area contributed by atoms with E-state index in [9.17, 15) is 0 Å². The van der Waals surface area contributed by atoms with Gasteiger partial charge in [-0.05, 0) is 40.2 Å². The van der Waals surface area contributed by atoms with E-state index < -0.39 is 8.07 Å². The van der Waals surface area contributed by atoms with Gasteiger partial charge in [0.2, 0.25) is 0 Å². The molecule has 0 N–H and O–H groups in total. The number of aromatic nitrogens is 3.